The second kappa shape index (κ2) is 6.12. The van der Waals surface area contributed by atoms with E-state index < -0.39 is 5.54 Å². The molecule has 1 aliphatic heterocycles. The SMILES string of the molecule is C[C@@H]1COC[C@@](CO)(CNc2ncc3cccnc3n2)N1C. The van der Waals surface area contributed by atoms with Crippen molar-refractivity contribution in [3.63, 3.8) is 0 Å². The molecule has 7 nitrogen and oxygen atoms in total. The highest BCUT2D eigenvalue weighted by molar-refractivity contribution is 5.74. The predicted molar refractivity (Wildman–Crippen MR) is 83.7 cm³/mol. The summed E-state index contributed by atoms with van der Waals surface area (Å²) in [6.07, 6.45) is 3.45. The molecule has 1 fully saturated rings. The summed E-state index contributed by atoms with van der Waals surface area (Å²) in [6.45, 7) is 3.74. The van der Waals surface area contributed by atoms with Gasteiger partial charge < -0.3 is 15.2 Å². The molecule has 118 valence electrons. The van der Waals surface area contributed by atoms with Gasteiger partial charge in [0.2, 0.25) is 5.95 Å². The molecule has 0 saturated carbocycles. The van der Waals surface area contributed by atoms with Gasteiger partial charge in [0.15, 0.2) is 5.65 Å². The van der Waals surface area contributed by atoms with E-state index >= 15 is 0 Å². The van der Waals surface area contributed by atoms with Gasteiger partial charge >= 0.3 is 0 Å². The van der Waals surface area contributed by atoms with E-state index in [0.29, 0.717) is 31.4 Å². The second-order valence-corrected chi connectivity index (χ2v) is 5.82. The van der Waals surface area contributed by atoms with E-state index in [4.69, 9.17) is 4.74 Å². The zero-order valence-corrected chi connectivity index (χ0v) is 12.9. The van der Waals surface area contributed by atoms with E-state index in [1.165, 1.54) is 0 Å². The molecular formula is C15H21N5O2. The Kier molecular flexibility index (Phi) is 4.19. The van der Waals surface area contributed by atoms with Gasteiger partial charge in [-0.25, -0.2) is 9.97 Å². The number of pyridine rings is 1. The highest BCUT2D eigenvalue weighted by atomic mass is 16.5. The molecule has 2 atom stereocenters. The van der Waals surface area contributed by atoms with Crippen LogP contribution in [0.3, 0.4) is 0 Å². The number of aliphatic hydroxyl groups is 1. The number of ether oxygens (including phenoxy) is 1. The number of likely N-dealkylation sites (N-methyl/N-ethyl adjacent to an activating group) is 1. The average molecular weight is 303 g/mol. The molecule has 0 aliphatic carbocycles. The van der Waals surface area contributed by atoms with Crippen LogP contribution in [0.2, 0.25) is 0 Å². The summed E-state index contributed by atoms with van der Waals surface area (Å²) >= 11 is 0. The maximum Gasteiger partial charge on any atom is 0.224 e. The van der Waals surface area contributed by atoms with Gasteiger partial charge in [-0.05, 0) is 26.1 Å². The van der Waals surface area contributed by atoms with E-state index in [1.807, 2.05) is 19.2 Å². The zero-order chi connectivity index (χ0) is 15.6. The first-order chi connectivity index (χ1) is 10.6. The zero-order valence-electron chi connectivity index (χ0n) is 12.9. The molecule has 2 N–H and O–H groups in total. The van der Waals surface area contributed by atoms with E-state index in [-0.39, 0.29) is 12.6 Å². The van der Waals surface area contributed by atoms with Crippen molar-refractivity contribution in [2.75, 3.05) is 38.7 Å². The van der Waals surface area contributed by atoms with Crippen molar-refractivity contribution in [2.24, 2.45) is 0 Å². The fourth-order valence-corrected chi connectivity index (χ4v) is 2.68. The molecule has 0 radical (unpaired) electrons. The standard InChI is InChI=1S/C15H21N5O2/c1-11-7-22-10-15(9-21,20(11)2)8-18-14-17-6-12-4-3-5-16-13(12)19-14/h3-6,11,21H,7-10H2,1-2H3,(H,16,17,18,19)/t11-,15+/m1/s1. The summed E-state index contributed by atoms with van der Waals surface area (Å²) in [5, 5.41) is 14.0. The van der Waals surface area contributed by atoms with Crippen molar-refractivity contribution in [1.82, 2.24) is 19.9 Å². The van der Waals surface area contributed by atoms with E-state index in [1.54, 1.807) is 12.4 Å². The summed E-state index contributed by atoms with van der Waals surface area (Å²) in [6, 6.07) is 4.03. The minimum Gasteiger partial charge on any atom is -0.394 e. The van der Waals surface area contributed by atoms with Crippen molar-refractivity contribution in [3.8, 4) is 0 Å². The Morgan fingerprint density at radius 1 is 1.50 bits per heavy atom. The Labute approximate surface area is 129 Å². The monoisotopic (exact) mass is 303 g/mol. The Balaban J connectivity index is 1.76. The summed E-state index contributed by atoms with van der Waals surface area (Å²) in [5.41, 5.74) is 0.180. The average Bonchev–Trinajstić information content (AvgIpc) is 2.56. The van der Waals surface area contributed by atoms with Gasteiger partial charge in [0, 0.05) is 30.4 Å². The van der Waals surface area contributed by atoms with Gasteiger partial charge in [0.25, 0.3) is 0 Å². The first-order valence-electron chi connectivity index (χ1n) is 7.38. The minimum atomic E-state index is -0.472. The third-order valence-corrected chi connectivity index (χ3v) is 4.36. The van der Waals surface area contributed by atoms with Crippen LogP contribution in [0.1, 0.15) is 6.92 Å². The molecule has 2 aromatic heterocycles. The molecular weight excluding hydrogens is 282 g/mol. The molecule has 0 amide bonds. The molecule has 1 saturated heterocycles. The fraction of sp³-hybridized carbons (Fsp3) is 0.533. The number of nitrogens with zero attached hydrogens (tertiary/aromatic N) is 4. The molecule has 7 heteroatoms. The highest BCUT2D eigenvalue weighted by Gasteiger charge is 2.40. The maximum atomic E-state index is 9.86. The van der Waals surface area contributed by atoms with Gasteiger partial charge in [0.1, 0.15) is 0 Å². The highest BCUT2D eigenvalue weighted by Crippen LogP contribution is 2.22. The smallest absolute Gasteiger partial charge is 0.224 e. The van der Waals surface area contributed by atoms with Crippen LogP contribution in [0.25, 0.3) is 11.0 Å². The number of hydrogen-bond acceptors (Lipinski definition) is 7. The quantitative estimate of drug-likeness (QED) is 0.852. The number of fused-ring (bicyclic) bond motifs is 1. The van der Waals surface area contributed by atoms with E-state index in [9.17, 15) is 5.11 Å². The van der Waals surface area contributed by atoms with Crippen molar-refractivity contribution in [1.29, 1.82) is 0 Å². The second-order valence-electron chi connectivity index (χ2n) is 5.82. The number of morpholine rings is 1. The molecule has 0 spiro atoms. The minimum absolute atomic E-state index is 0.00662. The van der Waals surface area contributed by atoms with Crippen LogP contribution in [-0.2, 0) is 4.74 Å². The van der Waals surface area contributed by atoms with Crippen molar-refractivity contribution >= 4 is 17.0 Å². The van der Waals surface area contributed by atoms with Crippen molar-refractivity contribution in [2.45, 2.75) is 18.5 Å². The number of anilines is 1. The van der Waals surface area contributed by atoms with Gasteiger partial charge in [-0.15, -0.1) is 0 Å². The van der Waals surface area contributed by atoms with Gasteiger partial charge in [-0.2, -0.15) is 4.98 Å². The van der Waals surface area contributed by atoms with Gasteiger partial charge in [-0.3, -0.25) is 4.90 Å². The lowest BCUT2D eigenvalue weighted by Gasteiger charge is -2.47. The van der Waals surface area contributed by atoms with Crippen LogP contribution in [0.15, 0.2) is 24.5 Å². The lowest BCUT2D eigenvalue weighted by molar-refractivity contribution is -0.101. The van der Waals surface area contributed by atoms with Crippen LogP contribution in [0.5, 0.6) is 0 Å². The van der Waals surface area contributed by atoms with Crippen molar-refractivity contribution in [3.05, 3.63) is 24.5 Å². The number of hydrogen-bond donors (Lipinski definition) is 2. The molecule has 3 heterocycles. The van der Waals surface area contributed by atoms with Gasteiger partial charge in [-0.1, -0.05) is 0 Å². The lowest BCUT2D eigenvalue weighted by atomic mass is 9.96. The maximum absolute atomic E-state index is 9.86. The summed E-state index contributed by atoms with van der Waals surface area (Å²) in [5.74, 6) is 0.505. The van der Waals surface area contributed by atoms with Crippen LogP contribution in [-0.4, -0.2) is 70.0 Å². The third kappa shape index (κ3) is 2.75. The number of aliphatic hydroxyl groups excluding tert-OH is 1. The molecule has 22 heavy (non-hydrogen) atoms. The number of nitrogens with one attached hydrogen (secondary N) is 1. The lowest BCUT2D eigenvalue weighted by Crippen LogP contribution is -2.64. The topological polar surface area (TPSA) is 83.4 Å². The first-order valence-corrected chi connectivity index (χ1v) is 7.38. The van der Waals surface area contributed by atoms with Gasteiger partial charge in [0.05, 0.1) is 25.4 Å². The third-order valence-electron chi connectivity index (χ3n) is 4.36. The largest absolute Gasteiger partial charge is 0.394 e. The molecule has 2 aromatic rings. The van der Waals surface area contributed by atoms with Crippen molar-refractivity contribution < 1.29 is 9.84 Å². The number of aromatic nitrogens is 3. The molecule has 0 aromatic carbocycles. The fourth-order valence-electron chi connectivity index (χ4n) is 2.68. The van der Waals surface area contributed by atoms with Crippen LogP contribution < -0.4 is 5.32 Å². The molecule has 3 rings (SSSR count). The number of rotatable bonds is 4. The predicted octanol–water partition coefficient (Wildman–Crippen LogP) is 0.518. The Morgan fingerprint density at radius 3 is 3.18 bits per heavy atom. The van der Waals surface area contributed by atoms with E-state index in [0.717, 1.165) is 5.39 Å². The normalized spacial score (nSPS) is 26.2. The van der Waals surface area contributed by atoms with Crippen LogP contribution in [0.4, 0.5) is 5.95 Å². The molecule has 0 bridgehead atoms. The Hall–Kier alpha value is -1.83. The van der Waals surface area contributed by atoms with Crippen LogP contribution in [0, 0.1) is 0 Å². The molecule has 0 unspecified atom stereocenters. The van der Waals surface area contributed by atoms with Crippen LogP contribution >= 0.6 is 0 Å². The summed E-state index contributed by atoms with van der Waals surface area (Å²) < 4.78 is 5.62. The van der Waals surface area contributed by atoms with E-state index in [2.05, 4.69) is 32.1 Å². The summed E-state index contributed by atoms with van der Waals surface area (Å²) in [4.78, 5) is 15.1. The first kappa shape index (κ1) is 15.1. The Bertz CT molecular complexity index is 653. The molecule has 1 aliphatic rings. The summed E-state index contributed by atoms with van der Waals surface area (Å²) in [7, 11) is 2.01. The Morgan fingerprint density at radius 2 is 2.36 bits per heavy atom.